The number of hydrogen-bond donors (Lipinski definition) is 1. The third kappa shape index (κ3) is 4.89. The SMILES string of the molecule is OCCOc1ccc(CN2C[C@@H]3CC[C@H](C2)N(Cc2ccccc2)C3)cc1. The molecule has 0 aromatic heterocycles. The molecule has 2 bridgehead atoms. The number of aliphatic hydroxyl groups excluding tert-OH is 1. The zero-order valence-corrected chi connectivity index (χ0v) is 16.0. The van der Waals surface area contributed by atoms with Crippen molar-refractivity contribution < 1.29 is 9.84 Å². The highest BCUT2D eigenvalue weighted by Gasteiger charge is 2.34. The van der Waals surface area contributed by atoms with Gasteiger partial charge in [-0.05, 0) is 42.0 Å². The Bertz CT molecular complexity index is 704. The van der Waals surface area contributed by atoms with Crippen molar-refractivity contribution in [3.05, 3.63) is 65.7 Å². The average Bonchev–Trinajstić information content (AvgIpc) is 2.99. The van der Waals surface area contributed by atoms with Crippen LogP contribution in [0.15, 0.2) is 54.6 Å². The smallest absolute Gasteiger partial charge is 0.119 e. The first-order chi connectivity index (χ1) is 13.3. The minimum atomic E-state index is 0.0534. The number of hydrogen-bond acceptors (Lipinski definition) is 4. The fourth-order valence-corrected chi connectivity index (χ4v) is 4.53. The number of rotatable bonds is 7. The quantitative estimate of drug-likeness (QED) is 0.817. The van der Waals surface area contributed by atoms with E-state index in [1.807, 2.05) is 12.1 Å². The van der Waals surface area contributed by atoms with Gasteiger partial charge in [0.05, 0.1) is 6.61 Å². The van der Waals surface area contributed by atoms with Crippen molar-refractivity contribution in [1.29, 1.82) is 0 Å². The molecule has 2 aromatic carbocycles. The van der Waals surface area contributed by atoms with E-state index in [0.29, 0.717) is 12.6 Å². The molecule has 0 amide bonds. The lowest BCUT2D eigenvalue weighted by atomic mass is 9.94. The van der Waals surface area contributed by atoms with Crippen molar-refractivity contribution in [3.8, 4) is 5.75 Å². The molecule has 0 unspecified atom stereocenters. The maximum Gasteiger partial charge on any atom is 0.119 e. The highest BCUT2D eigenvalue weighted by Crippen LogP contribution is 2.30. The van der Waals surface area contributed by atoms with Gasteiger partial charge in [0, 0.05) is 38.8 Å². The van der Waals surface area contributed by atoms with Gasteiger partial charge in [0.25, 0.3) is 0 Å². The van der Waals surface area contributed by atoms with Crippen LogP contribution in [0.5, 0.6) is 5.75 Å². The van der Waals surface area contributed by atoms with Crippen LogP contribution in [0.4, 0.5) is 0 Å². The van der Waals surface area contributed by atoms with Gasteiger partial charge in [0.2, 0.25) is 0 Å². The second-order valence-electron chi connectivity index (χ2n) is 7.92. The Morgan fingerprint density at radius 1 is 0.852 bits per heavy atom. The van der Waals surface area contributed by atoms with Crippen LogP contribution in [0.1, 0.15) is 24.0 Å². The lowest BCUT2D eigenvalue weighted by molar-refractivity contribution is 0.123. The monoisotopic (exact) mass is 366 g/mol. The highest BCUT2D eigenvalue weighted by atomic mass is 16.5. The second kappa shape index (κ2) is 8.87. The van der Waals surface area contributed by atoms with Gasteiger partial charge in [-0.3, -0.25) is 9.80 Å². The Labute approximate surface area is 162 Å². The lowest BCUT2D eigenvalue weighted by Gasteiger charge is -2.36. The number of nitrogens with zero attached hydrogens (tertiary/aromatic N) is 2. The molecule has 1 N–H and O–H groups in total. The van der Waals surface area contributed by atoms with E-state index in [-0.39, 0.29) is 6.61 Å². The van der Waals surface area contributed by atoms with Gasteiger partial charge in [0.15, 0.2) is 0 Å². The minimum Gasteiger partial charge on any atom is -0.491 e. The summed E-state index contributed by atoms with van der Waals surface area (Å²) in [6.07, 6.45) is 2.68. The summed E-state index contributed by atoms with van der Waals surface area (Å²) in [6, 6.07) is 19.9. The fraction of sp³-hybridized carbons (Fsp3) is 0.478. The zero-order chi connectivity index (χ0) is 18.5. The molecular weight excluding hydrogens is 336 g/mol. The van der Waals surface area contributed by atoms with Crippen LogP contribution in [0.25, 0.3) is 0 Å². The molecule has 0 radical (unpaired) electrons. The van der Waals surface area contributed by atoms with E-state index in [2.05, 4.69) is 52.3 Å². The van der Waals surface area contributed by atoms with Crippen LogP contribution in [0.3, 0.4) is 0 Å². The molecule has 3 saturated heterocycles. The summed E-state index contributed by atoms with van der Waals surface area (Å²) in [5.74, 6) is 1.61. The molecular formula is C23H30N2O2. The van der Waals surface area contributed by atoms with Crippen molar-refractivity contribution in [2.24, 2.45) is 5.92 Å². The molecule has 27 heavy (non-hydrogen) atoms. The fourth-order valence-electron chi connectivity index (χ4n) is 4.53. The Kier molecular flexibility index (Phi) is 6.07. The number of aliphatic hydroxyl groups is 1. The molecule has 3 aliphatic heterocycles. The topological polar surface area (TPSA) is 35.9 Å². The van der Waals surface area contributed by atoms with Gasteiger partial charge in [-0.15, -0.1) is 0 Å². The lowest BCUT2D eigenvalue weighted by Crippen LogP contribution is -2.43. The van der Waals surface area contributed by atoms with E-state index >= 15 is 0 Å². The minimum absolute atomic E-state index is 0.0534. The number of piperidine rings is 1. The summed E-state index contributed by atoms with van der Waals surface area (Å²) in [5.41, 5.74) is 2.76. The Morgan fingerprint density at radius 3 is 2.41 bits per heavy atom. The maximum absolute atomic E-state index is 8.86. The van der Waals surface area contributed by atoms with Gasteiger partial charge in [-0.1, -0.05) is 42.5 Å². The second-order valence-corrected chi connectivity index (χ2v) is 7.92. The number of fused-ring (bicyclic) bond motifs is 4. The van der Waals surface area contributed by atoms with Crippen LogP contribution in [-0.4, -0.2) is 53.8 Å². The molecule has 4 nitrogen and oxygen atoms in total. The summed E-state index contributed by atoms with van der Waals surface area (Å²) in [5, 5.41) is 8.86. The molecule has 5 rings (SSSR count). The normalized spacial score (nSPS) is 23.3. The standard InChI is InChI=1S/C23H30N2O2/c26-12-13-27-23-10-7-20(8-11-23)14-24-15-21-6-9-22(18-24)25(17-21)16-19-4-2-1-3-5-19/h1-5,7-8,10-11,21-22,26H,6,9,12-18H2/t21-,22+/m0/s1. The molecule has 0 saturated carbocycles. The van der Waals surface area contributed by atoms with Crippen molar-refractivity contribution in [3.63, 3.8) is 0 Å². The van der Waals surface area contributed by atoms with Crippen LogP contribution in [0, 0.1) is 5.92 Å². The van der Waals surface area contributed by atoms with E-state index in [0.717, 1.165) is 31.3 Å². The molecule has 0 spiro atoms. The van der Waals surface area contributed by atoms with Crippen LogP contribution < -0.4 is 4.74 Å². The first-order valence-electron chi connectivity index (χ1n) is 10.1. The van der Waals surface area contributed by atoms with E-state index in [1.54, 1.807) is 0 Å². The molecule has 3 fully saturated rings. The van der Waals surface area contributed by atoms with E-state index in [4.69, 9.17) is 9.84 Å². The zero-order valence-electron chi connectivity index (χ0n) is 16.0. The van der Waals surface area contributed by atoms with Crippen molar-refractivity contribution in [2.75, 3.05) is 32.8 Å². The predicted molar refractivity (Wildman–Crippen MR) is 108 cm³/mol. The Morgan fingerprint density at radius 2 is 1.63 bits per heavy atom. The number of ether oxygens (including phenoxy) is 1. The van der Waals surface area contributed by atoms with Crippen molar-refractivity contribution in [1.82, 2.24) is 9.80 Å². The summed E-state index contributed by atoms with van der Waals surface area (Å²) >= 11 is 0. The van der Waals surface area contributed by atoms with Gasteiger partial charge in [-0.2, -0.15) is 0 Å². The van der Waals surface area contributed by atoms with Crippen LogP contribution >= 0.6 is 0 Å². The van der Waals surface area contributed by atoms with Gasteiger partial charge >= 0.3 is 0 Å². The summed E-state index contributed by atoms with van der Waals surface area (Å²) in [4.78, 5) is 5.34. The van der Waals surface area contributed by atoms with E-state index < -0.39 is 0 Å². The van der Waals surface area contributed by atoms with Crippen molar-refractivity contribution >= 4 is 0 Å². The molecule has 3 aliphatic rings. The molecule has 4 heteroatoms. The molecule has 2 aromatic rings. The summed E-state index contributed by atoms with van der Waals surface area (Å²) < 4.78 is 5.46. The first-order valence-corrected chi connectivity index (χ1v) is 10.1. The third-order valence-corrected chi connectivity index (χ3v) is 5.82. The predicted octanol–water partition coefficient (Wildman–Crippen LogP) is 3.15. The molecule has 3 heterocycles. The van der Waals surface area contributed by atoms with Crippen LogP contribution in [0.2, 0.25) is 0 Å². The third-order valence-electron chi connectivity index (χ3n) is 5.82. The maximum atomic E-state index is 8.86. The van der Waals surface area contributed by atoms with Gasteiger partial charge < -0.3 is 9.84 Å². The largest absolute Gasteiger partial charge is 0.491 e. The number of benzene rings is 2. The van der Waals surface area contributed by atoms with E-state index in [9.17, 15) is 0 Å². The van der Waals surface area contributed by atoms with Gasteiger partial charge in [0.1, 0.15) is 12.4 Å². The molecule has 144 valence electrons. The van der Waals surface area contributed by atoms with Gasteiger partial charge in [-0.25, -0.2) is 0 Å². The Balaban J connectivity index is 1.37. The molecule has 0 aliphatic carbocycles. The van der Waals surface area contributed by atoms with Crippen molar-refractivity contribution in [2.45, 2.75) is 32.0 Å². The average molecular weight is 367 g/mol. The first kappa shape index (κ1) is 18.5. The summed E-state index contributed by atoms with van der Waals surface area (Å²) in [7, 11) is 0. The highest BCUT2D eigenvalue weighted by molar-refractivity contribution is 5.27. The van der Waals surface area contributed by atoms with Crippen LogP contribution in [-0.2, 0) is 13.1 Å². The Hall–Kier alpha value is -1.88. The van der Waals surface area contributed by atoms with E-state index in [1.165, 1.54) is 37.1 Å². The summed E-state index contributed by atoms with van der Waals surface area (Å²) in [6.45, 7) is 6.07. The molecule has 2 atom stereocenters.